The molecule has 0 fully saturated rings. The summed E-state index contributed by atoms with van der Waals surface area (Å²) in [7, 11) is 0. The molecule has 19 heavy (non-hydrogen) atoms. The Kier molecular flexibility index (Phi) is 3.62. The van der Waals surface area contributed by atoms with Crippen LogP contribution in [-0.2, 0) is 6.42 Å². The van der Waals surface area contributed by atoms with Crippen LogP contribution in [0.4, 0.5) is 10.1 Å². The first kappa shape index (κ1) is 12.8. The lowest BCUT2D eigenvalue weighted by Crippen LogP contribution is -2.13. The van der Waals surface area contributed by atoms with Crippen LogP contribution in [0.3, 0.4) is 0 Å². The van der Waals surface area contributed by atoms with Gasteiger partial charge in [0.15, 0.2) is 0 Å². The summed E-state index contributed by atoms with van der Waals surface area (Å²) in [5, 5.41) is 11.1. The highest BCUT2D eigenvalue weighted by Gasteiger charge is 2.15. The van der Waals surface area contributed by atoms with Gasteiger partial charge in [-0.25, -0.2) is 4.39 Å². The first-order valence-corrected chi connectivity index (χ1v) is 5.73. The van der Waals surface area contributed by atoms with Gasteiger partial charge in [-0.3, -0.25) is 4.79 Å². The van der Waals surface area contributed by atoms with Crippen LogP contribution < -0.4 is 5.32 Å². The number of rotatable bonds is 3. The van der Waals surface area contributed by atoms with Gasteiger partial charge < -0.3 is 9.73 Å². The van der Waals surface area contributed by atoms with Gasteiger partial charge in [0.2, 0.25) is 0 Å². The van der Waals surface area contributed by atoms with Gasteiger partial charge in [-0.05, 0) is 24.3 Å². The fourth-order valence-electron chi connectivity index (χ4n) is 1.69. The van der Waals surface area contributed by atoms with Crippen molar-refractivity contribution in [3.8, 4) is 6.07 Å². The Labute approximate surface area is 109 Å². The Bertz CT molecular complexity index is 656. The molecule has 1 amide bonds. The summed E-state index contributed by atoms with van der Waals surface area (Å²) in [6.07, 6.45) is 1.99. The van der Waals surface area contributed by atoms with Crippen LogP contribution in [0, 0.1) is 17.1 Å². The van der Waals surface area contributed by atoms with Crippen LogP contribution >= 0.6 is 0 Å². The van der Waals surface area contributed by atoms with Gasteiger partial charge in [-0.2, -0.15) is 5.26 Å². The number of amides is 1. The Hall–Kier alpha value is -2.61. The number of hydrogen-bond acceptors (Lipinski definition) is 3. The lowest BCUT2D eigenvalue weighted by molar-refractivity contribution is 0.102. The fourth-order valence-corrected chi connectivity index (χ4v) is 1.69. The second-order valence-electron chi connectivity index (χ2n) is 3.87. The van der Waals surface area contributed by atoms with Crippen molar-refractivity contribution in [1.29, 1.82) is 5.26 Å². The number of nitriles is 1. The second kappa shape index (κ2) is 5.36. The number of carbonyl (C=O) groups is 1. The van der Waals surface area contributed by atoms with E-state index in [9.17, 15) is 9.18 Å². The maximum atomic E-state index is 13.6. The second-order valence-corrected chi connectivity index (χ2v) is 3.87. The van der Waals surface area contributed by atoms with Crippen LogP contribution in [0.2, 0.25) is 0 Å². The van der Waals surface area contributed by atoms with E-state index in [1.165, 1.54) is 24.5 Å². The van der Waals surface area contributed by atoms with Crippen LogP contribution in [0.25, 0.3) is 0 Å². The van der Waals surface area contributed by atoms with E-state index >= 15 is 0 Å². The number of benzene rings is 1. The Balaban J connectivity index is 2.22. The molecule has 0 aliphatic rings. The van der Waals surface area contributed by atoms with E-state index < -0.39 is 11.7 Å². The summed E-state index contributed by atoms with van der Waals surface area (Å²) in [6.45, 7) is 1.86. The fraction of sp³-hybridized carbons (Fsp3) is 0.143. The highest BCUT2D eigenvalue weighted by Crippen LogP contribution is 2.18. The Morgan fingerprint density at radius 3 is 2.89 bits per heavy atom. The molecule has 0 radical (unpaired) electrons. The molecular weight excluding hydrogens is 247 g/mol. The molecule has 0 spiro atoms. The molecule has 5 heteroatoms. The summed E-state index contributed by atoms with van der Waals surface area (Å²) in [5.41, 5.74) is 0.617. The number of halogens is 1. The van der Waals surface area contributed by atoms with Crippen LogP contribution in [-0.4, -0.2) is 5.91 Å². The zero-order valence-corrected chi connectivity index (χ0v) is 10.2. The molecule has 0 saturated heterocycles. The summed E-state index contributed by atoms with van der Waals surface area (Å²) in [4.78, 5) is 12.0. The Morgan fingerprint density at radius 1 is 1.47 bits per heavy atom. The van der Waals surface area contributed by atoms with E-state index in [0.29, 0.717) is 17.7 Å². The first-order valence-electron chi connectivity index (χ1n) is 5.73. The van der Waals surface area contributed by atoms with Gasteiger partial charge in [0.05, 0.1) is 29.1 Å². The quantitative estimate of drug-likeness (QED) is 0.919. The van der Waals surface area contributed by atoms with Gasteiger partial charge in [0.25, 0.3) is 5.91 Å². The normalized spacial score (nSPS) is 9.95. The van der Waals surface area contributed by atoms with Crippen LogP contribution in [0.1, 0.15) is 28.6 Å². The number of nitrogens with one attached hydrogen (secondary N) is 1. The first-order chi connectivity index (χ1) is 9.15. The van der Waals surface area contributed by atoms with E-state index in [2.05, 4.69) is 5.32 Å². The number of hydrogen-bond donors (Lipinski definition) is 1. The van der Waals surface area contributed by atoms with Gasteiger partial charge in [-0.15, -0.1) is 0 Å². The molecular formula is C14H11FN2O2. The standard InChI is InChI=1S/C14H11FN2O2/c1-2-13-10(5-6-19-13)14(18)17-12-4-3-9(8-16)7-11(12)15/h3-7H,2H2,1H3,(H,17,18). The van der Waals surface area contributed by atoms with Crippen molar-refractivity contribution in [2.75, 3.05) is 5.32 Å². The van der Waals surface area contributed by atoms with Crippen molar-refractivity contribution < 1.29 is 13.6 Å². The molecule has 1 N–H and O–H groups in total. The van der Waals surface area contributed by atoms with Gasteiger partial charge in [-0.1, -0.05) is 6.92 Å². The highest BCUT2D eigenvalue weighted by molar-refractivity contribution is 6.05. The summed E-state index contributed by atoms with van der Waals surface area (Å²) in [6, 6.07) is 7.24. The maximum Gasteiger partial charge on any atom is 0.259 e. The summed E-state index contributed by atoms with van der Waals surface area (Å²) in [5.74, 6) is -0.533. The summed E-state index contributed by atoms with van der Waals surface area (Å²) >= 11 is 0. The van der Waals surface area contributed by atoms with E-state index in [1.54, 1.807) is 0 Å². The zero-order chi connectivity index (χ0) is 13.8. The van der Waals surface area contributed by atoms with Crippen molar-refractivity contribution in [3.05, 3.63) is 53.2 Å². The lowest BCUT2D eigenvalue weighted by atomic mass is 10.1. The number of furan rings is 1. The maximum absolute atomic E-state index is 13.6. The highest BCUT2D eigenvalue weighted by atomic mass is 19.1. The monoisotopic (exact) mass is 258 g/mol. The third-order valence-corrected chi connectivity index (χ3v) is 2.66. The molecule has 1 aromatic carbocycles. The zero-order valence-electron chi connectivity index (χ0n) is 10.2. The predicted molar refractivity (Wildman–Crippen MR) is 67.2 cm³/mol. The Morgan fingerprint density at radius 2 is 2.26 bits per heavy atom. The molecule has 2 rings (SSSR count). The third-order valence-electron chi connectivity index (χ3n) is 2.66. The van der Waals surface area contributed by atoms with E-state index in [-0.39, 0.29) is 11.3 Å². The SMILES string of the molecule is CCc1occc1C(=O)Nc1ccc(C#N)cc1F. The molecule has 1 aromatic heterocycles. The van der Waals surface area contributed by atoms with E-state index in [0.717, 1.165) is 6.07 Å². The van der Waals surface area contributed by atoms with Crippen LogP contribution in [0.5, 0.6) is 0 Å². The molecule has 96 valence electrons. The molecule has 0 unspecified atom stereocenters. The lowest BCUT2D eigenvalue weighted by Gasteiger charge is -2.06. The largest absolute Gasteiger partial charge is 0.469 e. The minimum atomic E-state index is -0.644. The van der Waals surface area contributed by atoms with E-state index in [4.69, 9.17) is 9.68 Å². The van der Waals surface area contributed by atoms with Crippen LogP contribution in [0.15, 0.2) is 34.9 Å². The average Bonchev–Trinajstić information content (AvgIpc) is 2.89. The minimum Gasteiger partial charge on any atom is -0.469 e. The minimum absolute atomic E-state index is 0.0345. The third kappa shape index (κ3) is 2.63. The molecule has 0 atom stereocenters. The van der Waals surface area contributed by atoms with Gasteiger partial charge in [0, 0.05) is 6.42 Å². The topological polar surface area (TPSA) is 66.0 Å². The van der Waals surface area contributed by atoms with Crippen molar-refractivity contribution in [2.24, 2.45) is 0 Å². The predicted octanol–water partition coefficient (Wildman–Crippen LogP) is 3.11. The van der Waals surface area contributed by atoms with Gasteiger partial charge in [0.1, 0.15) is 11.6 Å². The van der Waals surface area contributed by atoms with Crippen molar-refractivity contribution in [1.82, 2.24) is 0 Å². The molecule has 2 aromatic rings. The van der Waals surface area contributed by atoms with Crippen molar-refractivity contribution >= 4 is 11.6 Å². The molecule has 0 aliphatic carbocycles. The molecule has 0 bridgehead atoms. The number of aryl methyl sites for hydroxylation is 1. The smallest absolute Gasteiger partial charge is 0.259 e. The number of nitrogens with zero attached hydrogens (tertiary/aromatic N) is 1. The average molecular weight is 258 g/mol. The molecule has 4 nitrogen and oxygen atoms in total. The van der Waals surface area contributed by atoms with Gasteiger partial charge >= 0.3 is 0 Å². The summed E-state index contributed by atoms with van der Waals surface area (Å²) < 4.78 is 18.8. The van der Waals surface area contributed by atoms with E-state index in [1.807, 2.05) is 13.0 Å². The van der Waals surface area contributed by atoms with Crippen molar-refractivity contribution in [2.45, 2.75) is 13.3 Å². The number of carbonyl (C=O) groups excluding carboxylic acids is 1. The molecule has 0 aliphatic heterocycles. The van der Waals surface area contributed by atoms with Crippen molar-refractivity contribution in [3.63, 3.8) is 0 Å². The molecule has 1 heterocycles. The number of anilines is 1. The molecule has 0 saturated carbocycles.